The molecule has 0 saturated carbocycles. The van der Waals surface area contributed by atoms with Crippen LogP contribution in [0, 0.1) is 0 Å². The molecule has 8 nitrogen and oxygen atoms in total. The number of hydrogen-bond donors (Lipinski definition) is 2. The number of esters is 1. The molecule has 1 heterocycles. The van der Waals surface area contributed by atoms with Crippen molar-refractivity contribution in [3.63, 3.8) is 0 Å². The van der Waals surface area contributed by atoms with Crippen LogP contribution in [-0.2, 0) is 23.8 Å². The summed E-state index contributed by atoms with van der Waals surface area (Å²) in [5, 5.41) is 4.34. The maximum absolute atomic E-state index is 11.3. The molecule has 1 rings (SSSR count). The van der Waals surface area contributed by atoms with Crippen LogP contribution in [0.25, 0.3) is 0 Å². The van der Waals surface area contributed by atoms with E-state index in [-0.39, 0.29) is 12.4 Å². The van der Waals surface area contributed by atoms with Gasteiger partial charge in [0.1, 0.15) is 19.5 Å². The molecular weight excluding hydrogens is 244 g/mol. The van der Waals surface area contributed by atoms with Gasteiger partial charge in [-0.25, -0.2) is 9.59 Å². The van der Waals surface area contributed by atoms with E-state index >= 15 is 0 Å². The Hall–Kier alpha value is -2.25. The van der Waals surface area contributed by atoms with Gasteiger partial charge >= 0.3 is 12.0 Å². The third kappa shape index (κ3) is 4.73. The third-order valence-corrected chi connectivity index (χ3v) is 1.77. The molecule has 0 atom stereocenters. The van der Waals surface area contributed by atoms with Gasteiger partial charge in [-0.2, -0.15) is 0 Å². The molecule has 0 spiro atoms. The van der Waals surface area contributed by atoms with Crippen LogP contribution in [0.1, 0.15) is 6.92 Å². The molecule has 18 heavy (non-hydrogen) atoms. The number of urea groups is 1. The second-order valence-corrected chi connectivity index (χ2v) is 3.19. The predicted octanol–water partition coefficient (Wildman–Crippen LogP) is -0.736. The van der Waals surface area contributed by atoms with Gasteiger partial charge in [-0.3, -0.25) is 10.1 Å². The number of rotatable bonds is 4. The molecule has 0 aromatic rings. The van der Waals surface area contributed by atoms with Crippen molar-refractivity contribution in [2.45, 2.75) is 6.92 Å². The van der Waals surface area contributed by atoms with Crippen LogP contribution in [0.5, 0.6) is 0 Å². The maximum atomic E-state index is 11.3. The molecule has 3 amide bonds. The summed E-state index contributed by atoms with van der Waals surface area (Å²) in [5.41, 5.74) is 0. The number of ether oxygens (including phenoxy) is 3. The summed E-state index contributed by atoms with van der Waals surface area (Å²) in [6.07, 6.45) is 1.12. The van der Waals surface area contributed by atoms with E-state index in [9.17, 15) is 14.4 Å². The lowest BCUT2D eigenvalue weighted by atomic mass is 10.5. The summed E-state index contributed by atoms with van der Waals surface area (Å²) in [4.78, 5) is 33.5. The minimum Gasteiger partial charge on any atom is -0.493 e. The first-order valence-electron chi connectivity index (χ1n) is 5.33. The Morgan fingerprint density at radius 1 is 1.39 bits per heavy atom. The highest BCUT2D eigenvalue weighted by Gasteiger charge is 2.18. The van der Waals surface area contributed by atoms with Crippen molar-refractivity contribution >= 4 is 17.9 Å². The molecule has 1 aliphatic heterocycles. The third-order valence-electron chi connectivity index (χ3n) is 1.77. The van der Waals surface area contributed by atoms with Crippen molar-refractivity contribution in [2.75, 3.05) is 26.4 Å². The van der Waals surface area contributed by atoms with E-state index in [1.807, 2.05) is 5.32 Å². The van der Waals surface area contributed by atoms with Gasteiger partial charge in [0.25, 0.3) is 5.91 Å². The Morgan fingerprint density at radius 3 is 2.78 bits per heavy atom. The van der Waals surface area contributed by atoms with Gasteiger partial charge in [0.05, 0.1) is 0 Å². The summed E-state index contributed by atoms with van der Waals surface area (Å²) < 4.78 is 14.4. The summed E-state index contributed by atoms with van der Waals surface area (Å²) in [7, 11) is 0. The standard InChI is InChI=1S/C10H14N2O6/c1-2-11-10(15)12-8(13)6-18-9(14)7-5-16-3-4-17-7/h5H,2-4,6H2,1H3,(H2,11,12,13,15). The van der Waals surface area contributed by atoms with Gasteiger partial charge in [0.2, 0.25) is 5.76 Å². The van der Waals surface area contributed by atoms with Crippen LogP contribution in [0.2, 0.25) is 0 Å². The lowest BCUT2D eigenvalue weighted by Crippen LogP contribution is -2.41. The lowest BCUT2D eigenvalue weighted by Gasteiger charge is -2.14. The van der Waals surface area contributed by atoms with Crippen LogP contribution < -0.4 is 10.6 Å². The van der Waals surface area contributed by atoms with E-state index in [1.165, 1.54) is 0 Å². The van der Waals surface area contributed by atoms with Crippen molar-refractivity contribution in [1.29, 1.82) is 0 Å². The van der Waals surface area contributed by atoms with E-state index in [0.717, 1.165) is 6.26 Å². The smallest absolute Gasteiger partial charge is 0.377 e. The van der Waals surface area contributed by atoms with Crippen LogP contribution in [0.3, 0.4) is 0 Å². The molecule has 0 aromatic carbocycles. The van der Waals surface area contributed by atoms with Gasteiger partial charge < -0.3 is 19.5 Å². The maximum Gasteiger partial charge on any atom is 0.377 e. The minimum absolute atomic E-state index is 0.105. The van der Waals surface area contributed by atoms with Crippen molar-refractivity contribution in [3.8, 4) is 0 Å². The first-order valence-corrected chi connectivity index (χ1v) is 5.33. The number of carbonyl (C=O) groups is 3. The number of amides is 3. The number of carbonyl (C=O) groups excluding carboxylic acids is 3. The lowest BCUT2D eigenvalue weighted by molar-refractivity contribution is -0.149. The highest BCUT2D eigenvalue weighted by molar-refractivity contribution is 5.96. The molecule has 1 aliphatic rings. The van der Waals surface area contributed by atoms with E-state index in [4.69, 9.17) is 9.47 Å². The van der Waals surface area contributed by atoms with E-state index < -0.39 is 24.5 Å². The zero-order chi connectivity index (χ0) is 13.4. The Bertz CT molecular complexity index is 365. The molecule has 0 radical (unpaired) electrons. The Morgan fingerprint density at radius 2 is 2.17 bits per heavy atom. The first-order chi connectivity index (χ1) is 8.63. The Labute approximate surface area is 103 Å². The van der Waals surface area contributed by atoms with E-state index in [2.05, 4.69) is 10.1 Å². The van der Waals surface area contributed by atoms with Crippen LogP contribution >= 0.6 is 0 Å². The largest absolute Gasteiger partial charge is 0.493 e. The van der Waals surface area contributed by atoms with Crippen LogP contribution in [0.4, 0.5) is 4.79 Å². The monoisotopic (exact) mass is 258 g/mol. The van der Waals surface area contributed by atoms with Crippen LogP contribution in [0.15, 0.2) is 12.0 Å². The zero-order valence-electron chi connectivity index (χ0n) is 9.86. The minimum atomic E-state index is -0.819. The zero-order valence-corrected chi connectivity index (χ0v) is 9.86. The molecule has 0 unspecified atom stereocenters. The quantitative estimate of drug-likeness (QED) is 0.644. The highest BCUT2D eigenvalue weighted by Crippen LogP contribution is 2.05. The molecule has 0 bridgehead atoms. The van der Waals surface area contributed by atoms with Gasteiger partial charge in [0, 0.05) is 6.54 Å². The summed E-state index contributed by atoms with van der Waals surface area (Å²) in [6, 6.07) is -0.644. The summed E-state index contributed by atoms with van der Waals surface area (Å²) in [6.45, 7) is 2.12. The fourth-order valence-electron chi connectivity index (χ4n) is 1.05. The molecule has 0 fully saturated rings. The number of imide groups is 1. The van der Waals surface area contributed by atoms with Gasteiger partial charge in [-0.1, -0.05) is 0 Å². The number of nitrogens with one attached hydrogen (secondary N) is 2. The summed E-state index contributed by atoms with van der Waals surface area (Å²) in [5.74, 6) is -1.65. The molecule has 2 N–H and O–H groups in total. The molecule has 0 aromatic heterocycles. The van der Waals surface area contributed by atoms with E-state index in [0.29, 0.717) is 13.2 Å². The van der Waals surface area contributed by atoms with Gasteiger partial charge in [-0.15, -0.1) is 0 Å². The Kier molecular flexibility index (Phi) is 5.49. The molecular formula is C10H14N2O6. The fourth-order valence-corrected chi connectivity index (χ4v) is 1.05. The average molecular weight is 258 g/mol. The Balaban J connectivity index is 2.27. The molecule has 100 valence electrons. The van der Waals surface area contributed by atoms with Gasteiger partial charge in [-0.05, 0) is 6.92 Å². The predicted molar refractivity (Wildman–Crippen MR) is 58.2 cm³/mol. The second kappa shape index (κ2) is 7.15. The number of hydrogen-bond acceptors (Lipinski definition) is 6. The topological polar surface area (TPSA) is 103 Å². The van der Waals surface area contributed by atoms with Crippen molar-refractivity contribution in [3.05, 3.63) is 12.0 Å². The average Bonchev–Trinajstić information content (AvgIpc) is 2.37. The van der Waals surface area contributed by atoms with Crippen molar-refractivity contribution in [1.82, 2.24) is 10.6 Å². The summed E-state index contributed by atoms with van der Waals surface area (Å²) >= 11 is 0. The SMILES string of the molecule is CCNC(=O)NC(=O)COC(=O)C1=COCCO1. The van der Waals surface area contributed by atoms with Crippen molar-refractivity contribution in [2.24, 2.45) is 0 Å². The normalized spacial score (nSPS) is 13.5. The van der Waals surface area contributed by atoms with E-state index in [1.54, 1.807) is 6.92 Å². The second-order valence-electron chi connectivity index (χ2n) is 3.19. The van der Waals surface area contributed by atoms with Crippen molar-refractivity contribution < 1.29 is 28.6 Å². The first kappa shape index (κ1) is 13.8. The van der Waals surface area contributed by atoms with Crippen LogP contribution in [-0.4, -0.2) is 44.3 Å². The molecule has 8 heteroatoms. The van der Waals surface area contributed by atoms with Gasteiger partial charge in [0.15, 0.2) is 6.61 Å². The highest BCUT2D eigenvalue weighted by atomic mass is 16.6. The molecule has 0 saturated heterocycles. The fraction of sp³-hybridized carbons (Fsp3) is 0.500. The molecule has 0 aliphatic carbocycles.